The van der Waals surface area contributed by atoms with Gasteiger partial charge in [0.1, 0.15) is 11.1 Å². The standard InChI is InChI=1S/C29H26FN3O6S/c1-3-39-28(37)20-8-14-23(15-9-20)32-29-33(17-18-4-10-21(30)11-5-18)25(34)16-24(40-29)26(35)31-22-12-6-19(7-13-22)27(36)38-2/h4-15,24H,3,16-17H2,1-2H3,(H,31,35). The summed E-state index contributed by atoms with van der Waals surface area (Å²) in [7, 11) is 1.28. The molecule has 0 radical (unpaired) electrons. The predicted octanol–water partition coefficient (Wildman–Crippen LogP) is 4.95. The Morgan fingerprint density at radius 3 is 2.23 bits per heavy atom. The van der Waals surface area contributed by atoms with Crippen LogP contribution in [0.25, 0.3) is 0 Å². The van der Waals surface area contributed by atoms with Crippen LogP contribution in [-0.4, -0.2) is 52.8 Å². The zero-order valence-corrected chi connectivity index (χ0v) is 22.6. The molecule has 0 spiro atoms. The topological polar surface area (TPSA) is 114 Å². The molecular weight excluding hydrogens is 537 g/mol. The number of hydrogen-bond acceptors (Lipinski definition) is 8. The second-order valence-corrected chi connectivity index (χ2v) is 9.81. The van der Waals surface area contributed by atoms with Gasteiger partial charge in [0.15, 0.2) is 5.17 Å². The molecule has 0 aliphatic carbocycles. The van der Waals surface area contributed by atoms with Gasteiger partial charge in [-0.1, -0.05) is 23.9 Å². The summed E-state index contributed by atoms with van der Waals surface area (Å²) in [5.74, 6) is -2.08. The molecule has 0 bridgehead atoms. The van der Waals surface area contributed by atoms with Crippen molar-refractivity contribution in [2.75, 3.05) is 19.0 Å². The van der Waals surface area contributed by atoms with Crippen molar-refractivity contribution >= 4 is 52.1 Å². The zero-order chi connectivity index (χ0) is 28.6. The number of thioether (sulfide) groups is 1. The van der Waals surface area contributed by atoms with E-state index in [0.29, 0.717) is 28.1 Å². The third-order valence-electron chi connectivity index (χ3n) is 5.86. The van der Waals surface area contributed by atoms with Crippen molar-refractivity contribution in [2.45, 2.75) is 25.1 Å². The van der Waals surface area contributed by atoms with E-state index in [1.807, 2.05) is 0 Å². The molecule has 1 fully saturated rings. The molecule has 1 aliphatic rings. The highest BCUT2D eigenvalue weighted by atomic mass is 32.2. The molecule has 11 heteroatoms. The largest absolute Gasteiger partial charge is 0.465 e. The van der Waals surface area contributed by atoms with Crippen molar-refractivity contribution in [3.05, 3.63) is 95.3 Å². The fourth-order valence-corrected chi connectivity index (χ4v) is 4.89. The molecule has 9 nitrogen and oxygen atoms in total. The number of carbonyl (C=O) groups excluding carboxylic acids is 4. The summed E-state index contributed by atoms with van der Waals surface area (Å²) in [6.07, 6.45) is -0.0846. The lowest BCUT2D eigenvalue weighted by atomic mass is 10.1. The monoisotopic (exact) mass is 563 g/mol. The second kappa shape index (κ2) is 13.0. The molecule has 1 aliphatic heterocycles. The molecule has 1 atom stereocenters. The van der Waals surface area contributed by atoms with E-state index in [1.165, 1.54) is 36.3 Å². The smallest absolute Gasteiger partial charge is 0.338 e. The van der Waals surface area contributed by atoms with Crippen molar-refractivity contribution in [2.24, 2.45) is 4.99 Å². The van der Waals surface area contributed by atoms with Gasteiger partial charge in [-0.2, -0.15) is 0 Å². The highest BCUT2D eigenvalue weighted by Gasteiger charge is 2.36. The quantitative estimate of drug-likeness (QED) is 0.386. The van der Waals surface area contributed by atoms with Crippen molar-refractivity contribution < 1.29 is 33.0 Å². The van der Waals surface area contributed by atoms with Gasteiger partial charge in [-0.3, -0.25) is 14.5 Å². The van der Waals surface area contributed by atoms with Gasteiger partial charge in [0.05, 0.1) is 37.1 Å². The number of amides is 2. The van der Waals surface area contributed by atoms with Crippen LogP contribution in [0.4, 0.5) is 15.8 Å². The number of anilines is 1. The number of hydrogen-bond donors (Lipinski definition) is 1. The number of amidine groups is 1. The number of rotatable bonds is 8. The lowest BCUT2D eigenvalue weighted by Crippen LogP contribution is -2.44. The molecule has 1 heterocycles. The first-order chi connectivity index (χ1) is 19.3. The van der Waals surface area contributed by atoms with E-state index in [9.17, 15) is 23.6 Å². The molecule has 206 valence electrons. The van der Waals surface area contributed by atoms with Gasteiger partial charge < -0.3 is 14.8 Å². The third kappa shape index (κ3) is 7.11. The van der Waals surface area contributed by atoms with Gasteiger partial charge >= 0.3 is 11.9 Å². The van der Waals surface area contributed by atoms with Crippen molar-refractivity contribution in [1.82, 2.24) is 4.90 Å². The van der Waals surface area contributed by atoms with E-state index < -0.39 is 28.9 Å². The summed E-state index contributed by atoms with van der Waals surface area (Å²) in [4.78, 5) is 56.1. The number of halogens is 1. The van der Waals surface area contributed by atoms with Gasteiger partial charge in [0, 0.05) is 12.1 Å². The minimum atomic E-state index is -0.783. The van der Waals surface area contributed by atoms with Gasteiger partial charge in [-0.05, 0) is 73.2 Å². The molecule has 1 N–H and O–H groups in total. The number of methoxy groups -OCH3 is 1. The lowest BCUT2D eigenvalue weighted by molar-refractivity contribution is -0.129. The molecule has 40 heavy (non-hydrogen) atoms. The Balaban J connectivity index is 1.57. The molecule has 0 aromatic heterocycles. The average Bonchev–Trinajstić information content (AvgIpc) is 2.96. The van der Waals surface area contributed by atoms with Crippen LogP contribution in [0.5, 0.6) is 0 Å². The van der Waals surface area contributed by atoms with Crippen LogP contribution >= 0.6 is 11.8 Å². The molecule has 3 aromatic rings. The summed E-state index contributed by atoms with van der Waals surface area (Å²) in [6.45, 7) is 2.10. The van der Waals surface area contributed by atoms with E-state index in [4.69, 9.17) is 4.74 Å². The number of aliphatic imine (C=N–C) groups is 1. The Kier molecular flexibility index (Phi) is 9.28. The van der Waals surface area contributed by atoms with E-state index in [1.54, 1.807) is 55.5 Å². The van der Waals surface area contributed by atoms with E-state index in [-0.39, 0.29) is 30.6 Å². The number of carbonyl (C=O) groups is 4. The molecule has 2 amide bonds. The maximum absolute atomic E-state index is 13.4. The summed E-state index contributed by atoms with van der Waals surface area (Å²) in [5, 5.41) is 2.27. The van der Waals surface area contributed by atoms with Crippen molar-refractivity contribution in [3.63, 3.8) is 0 Å². The summed E-state index contributed by atoms with van der Waals surface area (Å²) in [5.41, 5.74) is 2.30. The Hall–Kier alpha value is -4.51. The summed E-state index contributed by atoms with van der Waals surface area (Å²) >= 11 is 1.12. The molecule has 1 unspecified atom stereocenters. The Morgan fingerprint density at radius 1 is 0.975 bits per heavy atom. The fraction of sp³-hybridized carbons (Fsp3) is 0.207. The van der Waals surface area contributed by atoms with E-state index in [0.717, 1.165) is 11.8 Å². The number of ether oxygens (including phenoxy) is 2. The lowest BCUT2D eigenvalue weighted by Gasteiger charge is -2.32. The van der Waals surface area contributed by atoms with Crippen LogP contribution < -0.4 is 5.32 Å². The third-order valence-corrected chi connectivity index (χ3v) is 7.05. The first-order valence-corrected chi connectivity index (χ1v) is 13.2. The van der Waals surface area contributed by atoms with Crippen LogP contribution in [0, 0.1) is 5.82 Å². The van der Waals surface area contributed by atoms with Crippen molar-refractivity contribution in [3.8, 4) is 0 Å². The summed E-state index contributed by atoms with van der Waals surface area (Å²) < 4.78 is 23.1. The number of esters is 2. The predicted molar refractivity (Wildman–Crippen MR) is 149 cm³/mol. The Morgan fingerprint density at radius 2 is 1.60 bits per heavy atom. The molecule has 3 aromatic carbocycles. The first kappa shape index (κ1) is 28.5. The van der Waals surface area contributed by atoms with Crippen LogP contribution in [0.3, 0.4) is 0 Å². The summed E-state index contributed by atoms with van der Waals surface area (Å²) in [6, 6.07) is 18.3. The average molecular weight is 564 g/mol. The maximum Gasteiger partial charge on any atom is 0.338 e. The molecule has 0 saturated carbocycles. The van der Waals surface area contributed by atoms with Crippen LogP contribution in [0.1, 0.15) is 39.6 Å². The normalized spacial score (nSPS) is 16.0. The molecule has 1 saturated heterocycles. The van der Waals surface area contributed by atoms with E-state index >= 15 is 0 Å². The fourth-order valence-electron chi connectivity index (χ4n) is 3.80. The number of nitrogens with one attached hydrogen (secondary N) is 1. The van der Waals surface area contributed by atoms with Crippen LogP contribution in [0.2, 0.25) is 0 Å². The minimum absolute atomic E-state index is 0.0846. The highest BCUT2D eigenvalue weighted by molar-refractivity contribution is 8.15. The van der Waals surface area contributed by atoms with Crippen molar-refractivity contribution in [1.29, 1.82) is 0 Å². The van der Waals surface area contributed by atoms with Crippen LogP contribution in [0.15, 0.2) is 77.8 Å². The van der Waals surface area contributed by atoms with Gasteiger partial charge in [0.25, 0.3) is 0 Å². The SMILES string of the molecule is CCOC(=O)c1ccc(N=C2SC(C(=O)Nc3ccc(C(=O)OC)cc3)CC(=O)N2Cc2ccc(F)cc2)cc1. The Bertz CT molecular complexity index is 1430. The highest BCUT2D eigenvalue weighted by Crippen LogP contribution is 2.31. The van der Waals surface area contributed by atoms with Gasteiger partial charge in [-0.25, -0.2) is 19.0 Å². The minimum Gasteiger partial charge on any atom is -0.465 e. The maximum atomic E-state index is 13.4. The van der Waals surface area contributed by atoms with Gasteiger partial charge in [0.2, 0.25) is 11.8 Å². The number of nitrogens with zero attached hydrogens (tertiary/aromatic N) is 2. The zero-order valence-electron chi connectivity index (χ0n) is 21.8. The first-order valence-electron chi connectivity index (χ1n) is 12.3. The van der Waals surface area contributed by atoms with E-state index in [2.05, 4.69) is 15.0 Å². The molecular formula is C29H26FN3O6S. The van der Waals surface area contributed by atoms with Crippen LogP contribution in [-0.2, 0) is 25.6 Å². The van der Waals surface area contributed by atoms with Gasteiger partial charge in [-0.15, -0.1) is 0 Å². The second-order valence-electron chi connectivity index (χ2n) is 8.64. The Labute approximate surface area is 234 Å². The number of benzene rings is 3. The molecule has 4 rings (SSSR count).